The van der Waals surface area contributed by atoms with Crippen molar-refractivity contribution in [2.45, 2.75) is 19.1 Å². The van der Waals surface area contributed by atoms with E-state index in [4.69, 9.17) is 0 Å². The lowest BCUT2D eigenvalue weighted by Gasteiger charge is -2.36. The number of rotatable bonds is 5. The lowest BCUT2D eigenvalue weighted by atomic mass is 10.1. The summed E-state index contributed by atoms with van der Waals surface area (Å²) in [5.74, 6) is -0.300. The molecule has 0 saturated carbocycles. The molecule has 154 valence electrons. The lowest BCUT2D eigenvalue weighted by Crippen LogP contribution is -2.52. The molecule has 1 aliphatic rings. The number of hydrogen-bond acceptors (Lipinski definition) is 4. The van der Waals surface area contributed by atoms with E-state index in [-0.39, 0.29) is 17.9 Å². The smallest absolute Gasteiger partial charge is 0.271 e. The zero-order valence-corrected chi connectivity index (χ0v) is 16.8. The predicted molar refractivity (Wildman–Crippen MR) is 116 cm³/mol. The molecule has 4 heterocycles. The Hall–Kier alpha value is -4.00. The molecule has 1 aromatic carbocycles. The van der Waals surface area contributed by atoms with E-state index < -0.39 is 0 Å². The molecule has 0 fully saturated rings. The summed E-state index contributed by atoms with van der Waals surface area (Å²) in [5, 5.41) is 4.77. The molecule has 31 heavy (non-hydrogen) atoms. The number of fused-ring (bicyclic) bond motifs is 2. The molecular formula is C24H21N5O2. The van der Waals surface area contributed by atoms with Gasteiger partial charge in [-0.15, -0.1) is 0 Å². The van der Waals surface area contributed by atoms with E-state index in [2.05, 4.69) is 15.3 Å². The molecular weight excluding hydrogens is 390 g/mol. The Bertz CT molecular complexity index is 1250. The molecule has 0 aliphatic carbocycles. The molecule has 1 aliphatic heterocycles. The van der Waals surface area contributed by atoms with E-state index >= 15 is 0 Å². The normalized spacial score (nSPS) is 15.7. The molecule has 3 aromatic heterocycles. The van der Waals surface area contributed by atoms with Crippen LogP contribution in [0.2, 0.25) is 0 Å². The molecule has 7 heteroatoms. The molecule has 0 saturated heterocycles. The van der Waals surface area contributed by atoms with Crippen molar-refractivity contribution in [1.29, 1.82) is 0 Å². The van der Waals surface area contributed by atoms with Crippen LogP contribution in [0.25, 0.3) is 10.8 Å². The molecule has 1 unspecified atom stereocenters. The Morgan fingerprint density at radius 2 is 1.97 bits per heavy atom. The van der Waals surface area contributed by atoms with Gasteiger partial charge in [-0.1, -0.05) is 30.3 Å². The molecule has 2 amide bonds. The summed E-state index contributed by atoms with van der Waals surface area (Å²) in [4.78, 5) is 36.4. The largest absolute Gasteiger partial charge is 0.349 e. The summed E-state index contributed by atoms with van der Waals surface area (Å²) in [5.41, 5.74) is 1.99. The highest BCUT2D eigenvalue weighted by Crippen LogP contribution is 2.21. The number of pyridine rings is 2. The van der Waals surface area contributed by atoms with Crippen LogP contribution in [0, 0.1) is 0 Å². The second-order valence-corrected chi connectivity index (χ2v) is 7.58. The van der Waals surface area contributed by atoms with Crippen LogP contribution in [-0.4, -0.2) is 43.8 Å². The van der Waals surface area contributed by atoms with Crippen molar-refractivity contribution >= 4 is 22.6 Å². The van der Waals surface area contributed by atoms with Gasteiger partial charge in [-0.3, -0.25) is 19.6 Å². The summed E-state index contributed by atoms with van der Waals surface area (Å²) in [6.07, 6.45) is 7.01. The van der Waals surface area contributed by atoms with Crippen molar-refractivity contribution in [3.05, 3.63) is 96.3 Å². The minimum atomic E-state index is -0.246. The maximum atomic E-state index is 13.1. The van der Waals surface area contributed by atoms with E-state index in [0.29, 0.717) is 31.0 Å². The topological polar surface area (TPSA) is 80.1 Å². The van der Waals surface area contributed by atoms with Gasteiger partial charge in [0.05, 0.1) is 6.04 Å². The molecule has 4 aromatic rings. The fourth-order valence-corrected chi connectivity index (χ4v) is 4.06. The minimum Gasteiger partial charge on any atom is -0.349 e. The monoisotopic (exact) mass is 411 g/mol. The summed E-state index contributed by atoms with van der Waals surface area (Å²) >= 11 is 0. The van der Waals surface area contributed by atoms with Crippen LogP contribution in [0.3, 0.4) is 0 Å². The van der Waals surface area contributed by atoms with Crippen LogP contribution in [0.15, 0.2) is 79.4 Å². The number of amides is 2. The summed E-state index contributed by atoms with van der Waals surface area (Å²) in [7, 11) is 0. The quantitative estimate of drug-likeness (QED) is 0.548. The van der Waals surface area contributed by atoms with Gasteiger partial charge in [0.2, 0.25) is 0 Å². The van der Waals surface area contributed by atoms with Crippen molar-refractivity contribution < 1.29 is 9.59 Å². The third kappa shape index (κ3) is 3.66. The summed E-state index contributed by atoms with van der Waals surface area (Å²) < 4.78 is 1.94. The number of benzene rings is 1. The predicted octanol–water partition coefficient (Wildman–Crippen LogP) is 2.89. The van der Waals surface area contributed by atoms with Crippen molar-refractivity contribution in [3.63, 3.8) is 0 Å². The first-order chi connectivity index (χ1) is 15.2. The third-order valence-electron chi connectivity index (χ3n) is 5.62. The van der Waals surface area contributed by atoms with Gasteiger partial charge >= 0.3 is 0 Å². The zero-order valence-electron chi connectivity index (χ0n) is 16.8. The van der Waals surface area contributed by atoms with Crippen molar-refractivity contribution in [1.82, 2.24) is 24.8 Å². The second kappa shape index (κ2) is 8.02. The number of nitrogens with zero attached hydrogens (tertiary/aromatic N) is 4. The fraction of sp³-hybridized carbons (Fsp3) is 0.167. The zero-order chi connectivity index (χ0) is 21.2. The average Bonchev–Trinajstić information content (AvgIpc) is 3.29. The van der Waals surface area contributed by atoms with Crippen LogP contribution >= 0.6 is 0 Å². The first kappa shape index (κ1) is 19.0. The average molecular weight is 411 g/mol. The van der Waals surface area contributed by atoms with E-state index in [1.807, 2.05) is 70.3 Å². The number of aromatic nitrogens is 3. The molecule has 0 bridgehead atoms. The highest BCUT2D eigenvalue weighted by molar-refractivity contribution is 6.05. The molecule has 7 nitrogen and oxygen atoms in total. The van der Waals surface area contributed by atoms with Crippen molar-refractivity contribution in [3.8, 4) is 0 Å². The van der Waals surface area contributed by atoms with Gasteiger partial charge in [0.25, 0.3) is 11.8 Å². The standard InChI is InChI=1S/C24H21N5O2/c30-23(22-20-7-2-1-6-18(20)9-11-26-22)27-14-19-16-28-12-4-8-21(28)24(31)29(19)15-17-5-3-10-25-13-17/h1-13,19H,14-16H2,(H,27,30). The van der Waals surface area contributed by atoms with Gasteiger partial charge < -0.3 is 14.8 Å². The third-order valence-corrected chi connectivity index (χ3v) is 5.62. The second-order valence-electron chi connectivity index (χ2n) is 7.58. The van der Waals surface area contributed by atoms with E-state index in [0.717, 1.165) is 16.3 Å². The van der Waals surface area contributed by atoms with E-state index in [9.17, 15) is 9.59 Å². The summed E-state index contributed by atoms with van der Waals surface area (Å²) in [6.45, 7) is 1.37. The number of hydrogen-bond donors (Lipinski definition) is 1. The van der Waals surface area contributed by atoms with Crippen molar-refractivity contribution in [2.24, 2.45) is 0 Å². The molecule has 1 atom stereocenters. The Morgan fingerprint density at radius 3 is 2.84 bits per heavy atom. The van der Waals surface area contributed by atoms with Crippen LogP contribution in [0.5, 0.6) is 0 Å². The van der Waals surface area contributed by atoms with E-state index in [1.165, 1.54) is 0 Å². The fourth-order valence-electron chi connectivity index (χ4n) is 4.06. The minimum absolute atomic E-state index is 0.0531. The Labute approximate surface area is 179 Å². The van der Waals surface area contributed by atoms with Crippen LogP contribution in [0.4, 0.5) is 0 Å². The van der Waals surface area contributed by atoms with Gasteiger partial charge in [0.1, 0.15) is 11.4 Å². The molecule has 0 radical (unpaired) electrons. The van der Waals surface area contributed by atoms with E-state index in [1.54, 1.807) is 18.6 Å². The van der Waals surface area contributed by atoms with Gasteiger partial charge in [-0.25, -0.2) is 0 Å². The maximum Gasteiger partial charge on any atom is 0.271 e. The number of nitrogens with one attached hydrogen (secondary N) is 1. The van der Waals surface area contributed by atoms with Crippen LogP contribution in [0.1, 0.15) is 26.5 Å². The van der Waals surface area contributed by atoms with Gasteiger partial charge in [0.15, 0.2) is 0 Å². The number of carbonyl (C=O) groups excluding carboxylic acids is 2. The molecule has 1 N–H and O–H groups in total. The van der Waals surface area contributed by atoms with Gasteiger partial charge in [-0.2, -0.15) is 0 Å². The van der Waals surface area contributed by atoms with Crippen LogP contribution in [-0.2, 0) is 13.1 Å². The Kier molecular flexibility index (Phi) is 4.92. The highest BCUT2D eigenvalue weighted by atomic mass is 16.2. The number of carbonyl (C=O) groups is 2. The molecule has 5 rings (SSSR count). The SMILES string of the molecule is O=C(NCC1Cn2cccc2C(=O)N1Cc1cccnc1)c1nccc2ccccc12. The maximum absolute atomic E-state index is 13.1. The first-order valence-corrected chi connectivity index (χ1v) is 10.2. The van der Waals surface area contributed by atoms with Crippen LogP contribution < -0.4 is 5.32 Å². The lowest BCUT2D eigenvalue weighted by molar-refractivity contribution is 0.0563. The molecule has 0 spiro atoms. The first-order valence-electron chi connectivity index (χ1n) is 10.2. The van der Waals surface area contributed by atoms with Gasteiger partial charge in [-0.05, 0) is 35.2 Å². The Morgan fingerprint density at radius 1 is 1.06 bits per heavy atom. The summed E-state index contributed by atoms with van der Waals surface area (Å²) in [6, 6.07) is 16.9. The van der Waals surface area contributed by atoms with Gasteiger partial charge in [0, 0.05) is 49.8 Å². The van der Waals surface area contributed by atoms with Crippen molar-refractivity contribution in [2.75, 3.05) is 6.54 Å². The Balaban J connectivity index is 1.38. The highest BCUT2D eigenvalue weighted by Gasteiger charge is 2.32.